The van der Waals surface area contributed by atoms with Crippen LogP contribution in [0, 0.1) is 5.82 Å². The van der Waals surface area contributed by atoms with E-state index in [2.05, 4.69) is 33.1 Å². The molecule has 0 radical (unpaired) electrons. The highest BCUT2D eigenvalue weighted by Crippen LogP contribution is 2.21. The van der Waals surface area contributed by atoms with Crippen molar-refractivity contribution in [3.63, 3.8) is 0 Å². The predicted molar refractivity (Wildman–Crippen MR) is 80.8 cm³/mol. The Morgan fingerprint density at radius 3 is 2.74 bits per heavy atom. The van der Waals surface area contributed by atoms with Gasteiger partial charge < -0.3 is 10.2 Å². The van der Waals surface area contributed by atoms with E-state index in [-0.39, 0.29) is 11.9 Å². The fraction of sp³-hybridized carbons (Fsp3) is 0.600. The molecule has 1 saturated heterocycles. The molecule has 0 aliphatic carbocycles. The van der Waals surface area contributed by atoms with Gasteiger partial charge in [0.2, 0.25) is 0 Å². The minimum absolute atomic E-state index is 0.204. The maximum absolute atomic E-state index is 13.2. The van der Waals surface area contributed by atoms with Crippen molar-refractivity contribution in [2.75, 3.05) is 26.2 Å². The molecule has 1 N–H and O–H groups in total. The smallest absolute Gasteiger partial charge is 0.137 e. The van der Waals surface area contributed by atoms with Crippen LogP contribution >= 0.6 is 15.9 Å². The molecule has 106 valence electrons. The van der Waals surface area contributed by atoms with E-state index in [9.17, 15) is 4.39 Å². The zero-order valence-corrected chi connectivity index (χ0v) is 13.0. The molecule has 19 heavy (non-hydrogen) atoms. The maximum Gasteiger partial charge on any atom is 0.137 e. The Morgan fingerprint density at radius 1 is 1.32 bits per heavy atom. The van der Waals surface area contributed by atoms with E-state index in [0.29, 0.717) is 4.47 Å². The van der Waals surface area contributed by atoms with Gasteiger partial charge in [0.1, 0.15) is 5.82 Å². The van der Waals surface area contributed by atoms with Gasteiger partial charge in [0.05, 0.1) is 4.47 Å². The van der Waals surface area contributed by atoms with Crippen LogP contribution in [0.25, 0.3) is 0 Å². The van der Waals surface area contributed by atoms with E-state index >= 15 is 0 Å². The molecule has 0 saturated carbocycles. The molecule has 1 aromatic carbocycles. The summed E-state index contributed by atoms with van der Waals surface area (Å²) in [5, 5.41) is 3.51. The van der Waals surface area contributed by atoms with Crippen LogP contribution in [0.1, 0.15) is 37.8 Å². The van der Waals surface area contributed by atoms with Gasteiger partial charge in [-0.15, -0.1) is 0 Å². The van der Waals surface area contributed by atoms with Gasteiger partial charge in [-0.1, -0.05) is 12.5 Å². The van der Waals surface area contributed by atoms with Crippen molar-refractivity contribution < 1.29 is 4.39 Å². The summed E-state index contributed by atoms with van der Waals surface area (Å²) in [5.41, 5.74) is 1.12. The second-order valence-electron chi connectivity index (χ2n) is 5.25. The standard InChI is InChI=1S/C15H22BrFN2/c1-12(13-5-6-15(17)14(16)11-13)18-7-10-19-8-3-2-4-9-19/h5-6,11-12,18H,2-4,7-10H2,1H3. The first-order valence-corrected chi connectivity index (χ1v) is 7.87. The van der Waals surface area contributed by atoms with Gasteiger partial charge in [-0.3, -0.25) is 0 Å². The third kappa shape index (κ3) is 4.55. The van der Waals surface area contributed by atoms with E-state index in [0.717, 1.165) is 18.7 Å². The van der Waals surface area contributed by atoms with Gasteiger partial charge in [-0.05, 0) is 66.5 Å². The Labute approximate surface area is 123 Å². The van der Waals surface area contributed by atoms with Crippen LogP contribution in [0.2, 0.25) is 0 Å². The first kappa shape index (κ1) is 14.9. The number of halogens is 2. The van der Waals surface area contributed by atoms with E-state index in [1.807, 2.05) is 12.1 Å². The molecule has 1 aliphatic heterocycles. The van der Waals surface area contributed by atoms with Gasteiger partial charge in [-0.2, -0.15) is 0 Å². The largest absolute Gasteiger partial charge is 0.309 e. The highest BCUT2D eigenvalue weighted by atomic mass is 79.9. The molecule has 0 amide bonds. The molecule has 1 aliphatic rings. The normalized spacial score (nSPS) is 18.5. The summed E-state index contributed by atoms with van der Waals surface area (Å²) in [6.45, 7) is 6.68. The number of likely N-dealkylation sites (tertiary alicyclic amines) is 1. The Bertz CT molecular complexity index is 405. The van der Waals surface area contributed by atoms with Crippen LogP contribution in [-0.2, 0) is 0 Å². The molecule has 1 heterocycles. The van der Waals surface area contributed by atoms with Crippen molar-refractivity contribution in [2.45, 2.75) is 32.2 Å². The van der Waals surface area contributed by atoms with E-state index in [1.54, 1.807) is 0 Å². The highest BCUT2D eigenvalue weighted by molar-refractivity contribution is 9.10. The zero-order chi connectivity index (χ0) is 13.7. The van der Waals surface area contributed by atoms with Crippen molar-refractivity contribution in [3.8, 4) is 0 Å². The van der Waals surface area contributed by atoms with Gasteiger partial charge >= 0.3 is 0 Å². The SMILES string of the molecule is CC(NCCN1CCCCC1)c1ccc(F)c(Br)c1. The quantitative estimate of drug-likeness (QED) is 0.886. The number of nitrogens with one attached hydrogen (secondary N) is 1. The topological polar surface area (TPSA) is 15.3 Å². The second-order valence-corrected chi connectivity index (χ2v) is 6.11. The number of piperidine rings is 1. The summed E-state index contributed by atoms with van der Waals surface area (Å²) in [6.07, 6.45) is 4.05. The third-order valence-electron chi connectivity index (χ3n) is 3.77. The summed E-state index contributed by atoms with van der Waals surface area (Å²) in [4.78, 5) is 2.52. The number of hydrogen-bond donors (Lipinski definition) is 1. The monoisotopic (exact) mass is 328 g/mol. The van der Waals surface area contributed by atoms with Crippen molar-refractivity contribution in [2.24, 2.45) is 0 Å². The molecular formula is C15H22BrFN2. The minimum atomic E-state index is -0.204. The van der Waals surface area contributed by atoms with Crippen LogP contribution in [0.15, 0.2) is 22.7 Å². The maximum atomic E-state index is 13.2. The lowest BCUT2D eigenvalue weighted by Crippen LogP contribution is -2.36. The first-order valence-electron chi connectivity index (χ1n) is 7.07. The number of benzene rings is 1. The third-order valence-corrected chi connectivity index (χ3v) is 4.38. The Kier molecular flexibility index (Phi) is 5.79. The summed E-state index contributed by atoms with van der Waals surface area (Å²) in [5.74, 6) is -0.204. The average molecular weight is 329 g/mol. The molecule has 2 nitrogen and oxygen atoms in total. The van der Waals surface area contributed by atoms with E-state index in [4.69, 9.17) is 0 Å². The molecule has 4 heteroatoms. The molecule has 2 rings (SSSR count). The Balaban J connectivity index is 1.76. The predicted octanol–water partition coefficient (Wildman–Crippen LogP) is 3.72. The van der Waals surface area contributed by atoms with Gasteiger partial charge in [0, 0.05) is 19.1 Å². The molecule has 1 atom stereocenters. The summed E-state index contributed by atoms with van der Waals surface area (Å²) in [6, 6.07) is 5.47. The number of rotatable bonds is 5. The van der Waals surface area contributed by atoms with Crippen LogP contribution < -0.4 is 5.32 Å². The van der Waals surface area contributed by atoms with Crippen LogP contribution in [0.4, 0.5) is 4.39 Å². The van der Waals surface area contributed by atoms with Crippen LogP contribution in [0.5, 0.6) is 0 Å². The molecule has 1 aromatic rings. The summed E-state index contributed by atoms with van der Waals surface area (Å²) in [7, 11) is 0. The Morgan fingerprint density at radius 2 is 2.05 bits per heavy atom. The van der Waals surface area contributed by atoms with Gasteiger partial charge in [0.15, 0.2) is 0 Å². The van der Waals surface area contributed by atoms with Crippen molar-refractivity contribution in [1.29, 1.82) is 0 Å². The van der Waals surface area contributed by atoms with Crippen LogP contribution in [-0.4, -0.2) is 31.1 Å². The van der Waals surface area contributed by atoms with Gasteiger partial charge in [-0.25, -0.2) is 4.39 Å². The Hall–Kier alpha value is -0.450. The fourth-order valence-corrected chi connectivity index (χ4v) is 2.92. The van der Waals surface area contributed by atoms with E-state index < -0.39 is 0 Å². The lowest BCUT2D eigenvalue weighted by molar-refractivity contribution is 0.227. The number of nitrogens with zero attached hydrogens (tertiary/aromatic N) is 1. The molecule has 0 bridgehead atoms. The van der Waals surface area contributed by atoms with Crippen molar-refractivity contribution in [3.05, 3.63) is 34.1 Å². The van der Waals surface area contributed by atoms with E-state index in [1.165, 1.54) is 38.4 Å². The summed E-state index contributed by atoms with van der Waals surface area (Å²) < 4.78 is 13.7. The molecular weight excluding hydrogens is 307 g/mol. The highest BCUT2D eigenvalue weighted by Gasteiger charge is 2.11. The molecule has 1 unspecified atom stereocenters. The zero-order valence-electron chi connectivity index (χ0n) is 11.5. The van der Waals surface area contributed by atoms with Crippen molar-refractivity contribution in [1.82, 2.24) is 10.2 Å². The van der Waals surface area contributed by atoms with Crippen molar-refractivity contribution >= 4 is 15.9 Å². The number of hydrogen-bond acceptors (Lipinski definition) is 2. The fourth-order valence-electron chi connectivity index (χ4n) is 2.52. The molecule has 0 spiro atoms. The molecule has 0 aromatic heterocycles. The van der Waals surface area contributed by atoms with Gasteiger partial charge in [0.25, 0.3) is 0 Å². The molecule has 1 fully saturated rings. The second kappa shape index (κ2) is 7.36. The minimum Gasteiger partial charge on any atom is -0.309 e. The lowest BCUT2D eigenvalue weighted by atomic mass is 10.1. The summed E-state index contributed by atoms with van der Waals surface area (Å²) >= 11 is 3.23. The lowest BCUT2D eigenvalue weighted by Gasteiger charge is -2.27. The van der Waals surface area contributed by atoms with Crippen LogP contribution in [0.3, 0.4) is 0 Å². The average Bonchev–Trinajstić information content (AvgIpc) is 2.43. The first-order chi connectivity index (χ1) is 9.16.